The van der Waals surface area contributed by atoms with Gasteiger partial charge < -0.3 is 23.7 Å². The van der Waals surface area contributed by atoms with Crippen LogP contribution in [0.1, 0.15) is 18.3 Å². The number of carbonyl (C=O) groups is 1. The molecule has 0 radical (unpaired) electrons. The van der Waals surface area contributed by atoms with Gasteiger partial charge in [-0.25, -0.2) is 4.79 Å². The molecule has 6 nitrogen and oxygen atoms in total. The minimum atomic E-state index is -0.536. The summed E-state index contributed by atoms with van der Waals surface area (Å²) in [6.45, 7) is 0.257. The smallest absolute Gasteiger partial charge is 0.358 e. The molecule has 0 aromatic heterocycles. The summed E-state index contributed by atoms with van der Waals surface area (Å²) in [5, 5.41) is -0.0180. The van der Waals surface area contributed by atoms with Crippen molar-refractivity contribution in [3.63, 3.8) is 0 Å². The van der Waals surface area contributed by atoms with Gasteiger partial charge in [0, 0.05) is 30.3 Å². The van der Waals surface area contributed by atoms with E-state index in [2.05, 4.69) is 0 Å². The molecule has 2 aliphatic heterocycles. The Morgan fingerprint density at radius 2 is 1.79 bits per heavy atom. The van der Waals surface area contributed by atoms with E-state index in [1.165, 1.54) is 6.08 Å². The number of para-hydroxylation sites is 1. The zero-order valence-electron chi connectivity index (χ0n) is 15.5. The van der Waals surface area contributed by atoms with Crippen molar-refractivity contribution in [3.8, 4) is 5.75 Å². The lowest BCUT2D eigenvalue weighted by Crippen LogP contribution is -2.45. The van der Waals surface area contributed by atoms with Gasteiger partial charge in [-0.05, 0) is 18.2 Å². The van der Waals surface area contributed by atoms with E-state index >= 15 is 0 Å². The molecule has 0 amide bonds. The SMILES string of the molecule is O=C1C=C[C@@H](C[C@@H]2O[C@H](c3ccccc3)OC[C@H]2OC(=S)Oc2ccccc2)O1. The average molecular weight is 412 g/mol. The highest BCUT2D eigenvalue weighted by molar-refractivity contribution is 7.79. The van der Waals surface area contributed by atoms with Crippen LogP contribution in [0.2, 0.25) is 0 Å². The molecule has 2 heterocycles. The van der Waals surface area contributed by atoms with E-state index < -0.39 is 18.5 Å². The van der Waals surface area contributed by atoms with Crippen molar-refractivity contribution in [3.05, 3.63) is 78.4 Å². The molecule has 2 aromatic rings. The van der Waals surface area contributed by atoms with Crippen LogP contribution in [-0.2, 0) is 23.7 Å². The van der Waals surface area contributed by atoms with Gasteiger partial charge in [0.15, 0.2) is 12.4 Å². The molecule has 1 saturated heterocycles. The summed E-state index contributed by atoms with van der Waals surface area (Å²) in [4.78, 5) is 11.4. The van der Waals surface area contributed by atoms with Crippen LogP contribution in [0.5, 0.6) is 5.75 Å². The van der Waals surface area contributed by atoms with Gasteiger partial charge in [-0.2, -0.15) is 0 Å². The van der Waals surface area contributed by atoms with Crippen molar-refractivity contribution < 1.29 is 28.5 Å². The van der Waals surface area contributed by atoms with Gasteiger partial charge in [0.25, 0.3) is 0 Å². The molecule has 1 fully saturated rings. The first-order valence-electron chi connectivity index (χ1n) is 9.32. The lowest BCUT2D eigenvalue weighted by molar-refractivity contribution is -0.258. The topological polar surface area (TPSA) is 63.2 Å². The Morgan fingerprint density at radius 1 is 1.07 bits per heavy atom. The second kappa shape index (κ2) is 9.17. The molecule has 29 heavy (non-hydrogen) atoms. The Bertz CT molecular complexity index is 869. The summed E-state index contributed by atoms with van der Waals surface area (Å²) in [5.74, 6) is 0.226. The van der Waals surface area contributed by atoms with Crippen LogP contribution < -0.4 is 4.74 Å². The molecule has 2 aliphatic rings. The molecule has 150 valence electrons. The first kappa shape index (κ1) is 19.6. The van der Waals surface area contributed by atoms with E-state index in [1.54, 1.807) is 18.2 Å². The predicted molar refractivity (Wildman–Crippen MR) is 108 cm³/mol. The third-order valence-electron chi connectivity index (χ3n) is 4.57. The first-order chi connectivity index (χ1) is 14.2. The molecule has 0 N–H and O–H groups in total. The summed E-state index contributed by atoms with van der Waals surface area (Å²) >= 11 is 5.24. The largest absolute Gasteiger partial charge is 0.455 e. The fourth-order valence-electron chi connectivity index (χ4n) is 3.18. The zero-order valence-corrected chi connectivity index (χ0v) is 16.3. The summed E-state index contributed by atoms with van der Waals surface area (Å²) in [6, 6.07) is 18.8. The first-order valence-corrected chi connectivity index (χ1v) is 9.72. The van der Waals surface area contributed by atoms with E-state index in [0.717, 1.165) is 5.56 Å². The molecular formula is C22H20O6S. The summed E-state index contributed by atoms with van der Waals surface area (Å²) in [6.07, 6.45) is 1.73. The van der Waals surface area contributed by atoms with E-state index in [1.807, 2.05) is 48.5 Å². The predicted octanol–water partition coefficient (Wildman–Crippen LogP) is 3.72. The van der Waals surface area contributed by atoms with Crippen LogP contribution in [0.4, 0.5) is 0 Å². The van der Waals surface area contributed by atoms with E-state index in [9.17, 15) is 4.79 Å². The standard InChI is InChI=1S/C22H20O6S/c23-20-12-11-17(25-20)13-18-19(28-22(29)26-16-9-5-2-6-10-16)14-24-21(27-18)15-7-3-1-4-8-15/h1-12,17-19,21H,13-14H2/t17-,18-,19+,21+/m0/s1. The van der Waals surface area contributed by atoms with Gasteiger partial charge >= 0.3 is 11.2 Å². The summed E-state index contributed by atoms with van der Waals surface area (Å²) in [5.41, 5.74) is 0.901. The quantitative estimate of drug-likeness (QED) is 0.548. The Kier molecular flexibility index (Phi) is 6.19. The van der Waals surface area contributed by atoms with Crippen molar-refractivity contribution in [1.82, 2.24) is 0 Å². The molecule has 0 aliphatic carbocycles. The number of esters is 1. The number of hydrogen-bond donors (Lipinski definition) is 0. The molecule has 0 saturated carbocycles. The summed E-state index contributed by atoms with van der Waals surface area (Å²) in [7, 11) is 0. The Morgan fingerprint density at radius 3 is 2.48 bits per heavy atom. The van der Waals surface area contributed by atoms with Gasteiger partial charge in [-0.1, -0.05) is 48.5 Å². The van der Waals surface area contributed by atoms with Crippen molar-refractivity contribution in [2.75, 3.05) is 6.61 Å². The summed E-state index contributed by atoms with van der Waals surface area (Å²) < 4.78 is 28.7. The maximum Gasteiger partial charge on any atom is 0.358 e. The van der Waals surface area contributed by atoms with Gasteiger partial charge in [-0.3, -0.25) is 0 Å². The lowest BCUT2D eigenvalue weighted by Gasteiger charge is -2.37. The third-order valence-corrected chi connectivity index (χ3v) is 4.75. The monoisotopic (exact) mass is 412 g/mol. The number of ether oxygens (including phenoxy) is 5. The number of thiocarbonyl (C=S) groups is 1. The minimum absolute atomic E-state index is 0.0180. The number of benzene rings is 2. The average Bonchev–Trinajstić information content (AvgIpc) is 3.15. The molecule has 4 rings (SSSR count). The van der Waals surface area contributed by atoms with Crippen molar-refractivity contribution in [2.45, 2.75) is 31.0 Å². The third kappa shape index (κ3) is 5.20. The maximum absolute atomic E-state index is 11.4. The van der Waals surface area contributed by atoms with Gasteiger partial charge in [0.2, 0.25) is 0 Å². The number of rotatable bonds is 5. The highest BCUT2D eigenvalue weighted by atomic mass is 32.1. The molecule has 0 spiro atoms. The number of hydrogen-bond acceptors (Lipinski definition) is 7. The number of carbonyl (C=O) groups excluding carboxylic acids is 1. The van der Waals surface area contributed by atoms with Crippen molar-refractivity contribution in [2.24, 2.45) is 0 Å². The van der Waals surface area contributed by atoms with E-state index in [-0.39, 0.29) is 23.9 Å². The van der Waals surface area contributed by atoms with Crippen LogP contribution in [0.15, 0.2) is 72.8 Å². The molecule has 4 atom stereocenters. The fourth-order valence-corrected chi connectivity index (χ4v) is 3.40. The van der Waals surface area contributed by atoms with Crippen LogP contribution in [0, 0.1) is 0 Å². The van der Waals surface area contributed by atoms with E-state index in [0.29, 0.717) is 12.2 Å². The maximum atomic E-state index is 11.4. The van der Waals surface area contributed by atoms with Gasteiger partial charge in [-0.15, -0.1) is 0 Å². The zero-order chi connectivity index (χ0) is 20.1. The second-order valence-electron chi connectivity index (χ2n) is 6.64. The van der Waals surface area contributed by atoms with Crippen LogP contribution in [-0.4, -0.2) is 36.1 Å². The van der Waals surface area contributed by atoms with Gasteiger partial charge in [0.05, 0.1) is 6.61 Å². The molecule has 7 heteroatoms. The normalized spacial score (nSPS) is 26.0. The number of cyclic esters (lactones) is 1. The molecule has 0 unspecified atom stereocenters. The molecular weight excluding hydrogens is 392 g/mol. The van der Waals surface area contributed by atoms with E-state index in [4.69, 9.17) is 35.9 Å². The molecule has 0 bridgehead atoms. The van der Waals surface area contributed by atoms with Crippen LogP contribution in [0.3, 0.4) is 0 Å². The van der Waals surface area contributed by atoms with Crippen molar-refractivity contribution >= 4 is 23.4 Å². The Balaban J connectivity index is 1.43. The lowest BCUT2D eigenvalue weighted by atomic mass is 10.0. The Labute approximate surface area is 174 Å². The van der Waals surface area contributed by atoms with Crippen molar-refractivity contribution in [1.29, 1.82) is 0 Å². The second-order valence-corrected chi connectivity index (χ2v) is 6.98. The van der Waals surface area contributed by atoms with Crippen LogP contribution >= 0.6 is 12.2 Å². The highest BCUT2D eigenvalue weighted by Crippen LogP contribution is 2.31. The van der Waals surface area contributed by atoms with Crippen LogP contribution in [0.25, 0.3) is 0 Å². The highest BCUT2D eigenvalue weighted by Gasteiger charge is 2.37. The fraction of sp³-hybridized carbons (Fsp3) is 0.273. The minimum Gasteiger partial charge on any atom is -0.455 e. The molecule has 2 aromatic carbocycles. The van der Waals surface area contributed by atoms with Gasteiger partial charge in [0.1, 0.15) is 18.0 Å². The Hall–Kier alpha value is -2.74.